The Morgan fingerprint density at radius 1 is 1.44 bits per heavy atom. The molecule has 0 bridgehead atoms. The van der Waals surface area contributed by atoms with Gasteiger partial charge >= 0.3 is 0 Å². The molecular weight excluding hydrogens is 156 g/mol. The molecule has 1 nitrogen and oxygen atoms in total. The summed E-state index contributed by atoms with van der Waals surface area (Å²) in [5.74, 6) is 0.000602. The lowest BCUT2D eigenvalue weighted by Gasteiger charge is -1.89. The second kappa shape index (κ2) is 2.99. The van der Waals surface area contributed by atoms with E-state index in [0.29, 0.717) is 0 Å². The average molecular weight is 160 g/mol. The van der Waals surface area contributed by atoms with Crippen LogP contribution in [0.2, 0.25) is 0 Å². The van der Waals surface area contributed by atoms with Crippen LogP contribution in [-0.4, -0.2) is 0 Å². The third-order valence-corrected chi connectivity index (χ3v) is 1.86. The monoisotopic (exact) mass is 159 g/mol. The molecule has 0 spiro atoms. The molecule has 1 rings (SSSR count). The number of hydrogen-bond donors (Lipinski definition) is 0. The molecule has 0 aromatic heterocycles. The standard InChI is InChI=1S/C6H4ClOS/c7-9-6-3-1-2-5(8)4-6/h1-4H. The molecule has 1 radical (unpaired) electrons. The van der Waals surface area contributed by atoms with Gasteiger partial charge in [0.2, 0.25) is 0 Å². The zero-order valence-corrected chi connectivity index (χ0v) is 6.08. The topological polar surface area (TPSA) is 19.9 Å². The summed E-state index contributed by atoms with van der Waals surface area (Å²) in [4.78, 5) is 0.796. The Kier molecular flexibility index (Phi) is 2.25. The maximum absolute atomic E-state index is 10.6. The first-order valence-corrected chi connectivity index (χ1v) is 4.03. The quantitative estimate of drug-likeness (QED) is 0.617. The highest BCUT2D eigenvalue weighted by Gasteiger charge is 1.92. The zero-order valence-electron chi connectivity index (χ0n) is 4.50. The molecule has 0 N–H and O–H groups in total. The third kappa shape index (κ3) is 1.80. The van der Waals surface area contributed by atoms with Gasteiger partial charge in [-0.1, -0.05) is 6.07 Å². The van der Waals surface area contributed by atoms with E-state index < -0.39 is 0 Å². The molecule has 1 aromatic rings. The predicted molar refractivity (Wildman–Crippen MR) is 38.3 cm³/mol. The highest BCUT2D eigenvalue weighted by molar-refractivity contribution is 8.21. The summed E-state index contributed by atoms with van der Waals surface area (Å²) in [6, 6.07) is 6.47. The molecule has 0 aliphatic heterocycles. The number of halogens is 1. The molecule has 0 saturated carbocycles. The summed E-state index contributed by atoms with van der Waals surface area (Å²) in [5.41, 5.74) is 0. The number of rotatable bonds is 1. The van der Waals surface area contributed by atoms with Crippen LogP contribution >= 0.6 is 21.7 Å². The maximum Gasteiger partial charge on any atom is 0.179 e. The van der Waals surface area contributed by atoms with Gasteiger partial charge in [-0.2, -0.15) is 0 Å². The first-order valence-electron chi connectivity index (χ1n) is 2.38. The van der Waals surface area contributed by atoms with E-state index >= 15 is 0 Å². The van der Waals surface area contributed by atoms with Gasteiger partial charge in [-0.15, -0.1) is 0 Å². The third-order valence-electron chi connectivity index (χ3n) is 0.895. The maximum atomic E-state index is 10.6. The normalized spacial score (nSPS) is 9.44. The van der Waals surface area contributed by atoms with Gasteiger partial charge in [0.05, 0.1) is 0 Å². The Hall–Kier alpha value is -0.340. The van der Waals surface area contributed by atoms with Gasteiger partial charge in [0.15, 0.2) is 5.75 Å². The summed E-state index contributed by atoms with van der Waals surface area (Å²) in [5, 5.41) is 10.6. The van der Waals surface area contributed by atoms with Crippen molar-refractivity contribution in [2.24, 2.45) is 0 Å². The highest BCUT2D eigenvalue weighted by atomic mass is 35.7. The minimum atomic E-state index is 0.000602. The van der Waals surface area contributed by atoms with Gasteiger partial charge < -0.3 is 0 Å². The SMILES string of the molecule is [O]c1cccc(SCl)c1. The largest absolute Gasteiger partial charge is 0.290 e. The summed E-state index contributed by atoms with van der Waals surface area (Å²) >= 11 is 0. The minimum Gasteiger partial charge on any atom is -0.290 e. The molecule has 0 aliphatic carbocycles. The second-order valence-corrected chi connectivity index (χ2v) is 2.64. The summed E-state index contributed by atoms with van der Waals surface area (Å²) < 4.78 is 0. The molecular formula is C6H4ClOS. The second-order valence-electron chi connectivity index (χ2n) is 1.55. The van der Waals surface area contributed by atoms with E-state index in [1.54, 1.807) is 12.1 Å². The first-order chi connectivity index (χ1) is 4.33. The van der Waals surface area contributed by atoms with Crippen LogP contribution in [0.15, 0.2) is 29.2 Å². The molecule has 1 aromatic carbocycles. The number of hydrogen-bond acceptors (Lipinski definition) is 1. The van der Waals surface area contributed by atoms with Crippen molar-refractivity contribution in [2.45, 2.75) is 4.90 Å². The molecule has 0 amide bonds. The predicted octanol–water partition coefficient (Wildman–Crippen LogP) is 3.08. The van der Waals surface area contributed by atoms with Crippen molar-refractivity contribution in [2.75, 3.05) is 0 Å². The van der Waals surface area contributed by atoms with Crippen LogP contribution in [0.25, 0.3) is 0 Å². The van der Waals surface area contributed by atoms with Crippen molar-refractivity contribution in [3.63, 3.8) is 0 Å². The molecule has 0 heterocycles. The van der Waals surface area contributed by atoms with Crippen LogP contribution in [0.4, 0.5) is 0 Å². The molecule has 47 valence electrons. The van der Waals surface area contributed by atoms with E-state index in [4.69, 9.17) is 10.7 Å². The fourth-order valence-electron chi connectivity index (χ4n) is 0.522. The van der Waals surface area contributed by atoms with Crippen LogP contribution < -0.4 is 0 Å². The van der Waals surface area contributed by atoms with Gasteiger partial charge in [-0.05, 0) is 33.8 Å². The Balaban J connectivity index is 2.94. The minimum absolute atomic E-state index is 0.000602. The van der Waals surface area contributed by atoms with Crippen LogP contribution in [0.1, 0.15) is 0 Å². The molecule has 0 saturated heterocycles. The van der Waals surface area contributed by atoms with Gasteiger partial charge in [0, 0.05) is 11.0 Å². The molecule has 0 fully saturated rings. The van der Waals surface area contributed by atoms with E-state index in [2.05, 4.69) is 0 Å². The fourth-order valence-corrected chi connectivity index (χ4v) is 1.10. The molecule has 0 aliphatic rings. The Bertz CT molecular complexity index is 202. The number of benzene rings is 1. The smallest absolute Gasteiger partial charge is 0.179 e. The lowest BCUT2D eigenvalue weighted by atomic mass is 10.3. The zero-order chi connectivity index (χ0) is 6.69. The fraction of sp³-hybridized carbons (Fsp3) is 0. The molecule has 3 heteroatoms. The van der Waals surface area contributed by atoms with Crippen LogP contribution in [0.5, 0.6) is 5.75 Å². The van der Waals surface area contributed by atoms with Crippen molar-refractivity contribution in [1.82, 2.24) is 0 Å². The van der Waals surface area contributed by atoms with Gasteiger partial charge in [0.25, 0.3) is 0 Å². The van der Waals surface area contributed by atoms with Crippen molar-refractivity contribution in [3.8, 4) is 5.75 Å². The van der Waals surface area contributed by atoms with Crippen molar-refractivity contribution in [1.29, 1.82) is 0 Å². The Morgan fingerprint density at radius 2 is 2.22 bits per heavy atom. The first kappa shape index (κ1) is 6.78. The van der Waals surface area contributed by atoms with Crippen molar-refractivity contribution in [3.05, 3.63) is 24.3 Å². The Labute approximate surface area is 62.2 Å². The van der Waals surface area contributed by atoms with Crippen molar-refractivity contribution >= 4 is 21.7 Å². The lowest BCUT2D eigenvalue weighted by Crippen LogP contribution is -1.63. The molecule has 0 atom stereocenters. The highest BCUT2D eigenvalue weighted by Crippen LogP contribution is 2.24. The molecule has 9 heavy (non-hydrogen) atoms. The van der Waals surface area contributed by atoms with Crippen LogP contribution in [0, 0.1) is 0 Å². The van der Waals surface area contributed by atoms with Crippen molar-refractivity contribution < 1.29 is 5.11 Å². The average Bonchev–Trinajstić information content (AvgIpc) is 1.88. The summed E-state index contributed by atoms with van der Waals surface area (Å²) in [7, 11) is 6.43. The van der Waals surface area contributed by atoms with E-state index in [1.807, 2.05) is 0 Å². The van der Waals surface area contributed by atoms with Crippen LogP contribution in [-0.2, 0) is 5.11 Å². The summed E-state index contributed by atoms with van der Waals surface area (Å²) in [6.45, 7) is 0. The van der Waals surface area contributed by atoms with Crippen LogP contribution in [0.3, 0.4) is 0 Å². The Morgan fingerprint density at radius 3 is 2.67 bits per heavy atom. The van der Waals surface area contributed by atoms with Gasteiger partial charge in [0.1, 0.15) is 0 Å². The lowest BCUT2D eigenvalue weighted by molar-refractivity contribution is 0.354. The van der Waals surface area contributed by atoms with Gasteiger partial charge in [-0.3, -0.25) is 5.11 Å². The van der Waals surface area contributed by atoms with Gasteiger partial charge in [-0.25, -0.2) is 0 Å². The van der Waals surface area contributed by atoms with E-state index in [-0.39, 0.29) is 5.75 Å². The summed E-state index contributed by atoms with van der Waals surface area (Å²) in [6.07, 6.45) is 0. The van der Waals surface area contributed by atoms with E-state index in [1.165, 1.54) is 12.1 Å². The van der Waals surface area contributed by atoms with E-state index in [0.717, 1.165) is 15.9 Å². The molecule has 0 unspecified atom stereocenters. The van der Waals surface area contributed by atoms with E-state index in [9.17, 15) is 5.11 Å².